The third-order valence-electron chi connectivity index (χ3n) is 4.20. The van der Waals surface area contributed by atoms with Crippen molar-refractivity contribution in [3.63, 3.8) is 0 Å². The molecule has 144 valence electrons. The summed E-state index contributed by atoms with van der Waals surface area (Å²) in [6.07, 6.45) is -0.157. The predicted molar refractivity (Wildman–Crippen MR) is 98.5 cm³/mol. The minimum Gasteiger partial charge on any atom is -0.497 e. The number of benzene rings is 1. The lowest BCUT2D eigenvalue weighted by Crippen LogP contribution is -2.53. The van der Waals surface area contributed by atoms with E-state index in [9.17, 15) is 18.4 Å². The van der Waals surface area contributed by atoms with E-state index in [1.807, 2.05) is 0 Å². The zero-order valence-corrected chi connectivity index (χ0v) is 15.7. The number of halogens is 3. The number of rotatable bonds is 4. The van der Waals surface area contributed by atoms with E-state index in [0.29, 0.717) is 9.34 Å². The Hall–Kier alpha value is -2.39. The van der Waals surface area contributed by atoms with Crippen LogP contribution in [0.5, 0.6) is 5.75 Å². The van der Waals surface area contributed by atoms with E-state index in [4.69, 9.17) is 16.3 Å². The van der Waals surface area contributed by atoms with Crippen LogP contribution in [0.15, 0.2) is 24.3 Å². The van der Waals surface area contributed by atoms with Gasteiger partial charge in [-0.15, -0.1) is 11.3 Å². The number of carbonyl (C=O) groups is 2. The van der Waals surface area contributed by atoms with Gasteiger partial charge in [0.1, 0.15) is 17.4 Å². The Bertz CT molecular complexity index is 854. The van der Waals surface area contributed by atoms with Crippen molar-refractivity contribution < 1.29 is 23.1 Å². The van der Waals surface area contributed by atoms with E-state index in [1.165, 1.54) is 18.4 Å². The van der Waals surface area contributed by atoms with Gasteiger partial charge in [0.2, 0.25) is 5.91 Å². The number of amides is 3. The Morgan fingerprint density at radius 1 is 1.33 bits per heavy atom. The molecular weight excluding hydrogens is 400 g/mol. The third-order valence-corrected chi connectivity index (χ3v) is 5.34. The predicted octanol–water partition coefficient (Wildman–Crippen LogP) is 3.48. The first kappa shape index (κ1) is 19.4. The van der Waals surface area contributed by atoms with Gasteiger partial charge in [0.25, 0.3) is 0 Å². The van der Waals surface area contributed by atoms with Gasteiger partial charge >= 0.3 is 6.03 Å². The summed E-state index contributed by atoms with van der Waals surface area (Å²) >= 11 is 6.99. The second-order valence-electron chi connectivity index (χ2n) is 5.93. The summed E-state index contributed by atoms with van der Waals surface area (Å²) < 4.78 is 34.3. The molecule has 3 amide bonds. The fraction of sp³-hybridized carbons (Fsp3) is 0.294. The SMILES string of the molecule is COc1cc(F)c([C@H]2CC(=O)NC[C@@H]2NC(=O)Nc2ccc(Cl)s2)c(F)c1. The van der Waals surface area contributed by atoms with Gasteiger partial charge in [0.05, 0.1) is 22.5 Å². The number of hydrogen-bond donors (Lipinski definition) is 3. The van der Waals surface area contributed by atoms with Gasteiger partial charge < -0.3 is 15.4 Å². The molecule has 2 atom stereocenters. The van der Waals surface area contributed by atoms with Crippen molar-refractivity contribution in [2.75, 3.05) is 19.0 Å². The van der Waals surface area contributed by atoms with E-state index < -0.39 is 29.6 Å². The van der Waals surface area contributed by atoms with Crippen molar-refractivity contribution in [1.82, 2.24) is 10.6 Å². The molecule has 1 aliphatic rings. The Kier molecular flexibility index (Phi) is 5.81. The smallest absolute Gasteiger partial charge is 0.320 e. The van der Waals surface area contributed by atoms with E-state index in [1.54, 1.807) is 12.1 Å². The van der Waals surface area contributed by atoms with E-state index in [-0.39, 0.29) is 30.2 Å². The molecule has 1 fully saturated rings. The van der Waals surface area contributed by atoms with Crippen molar-refractivity contribution in [2.45, 2.75) is 18.4 Å². The summed E-state index contributed by atoms with van der Waals surface area (Å²) in [5.41, 5.74) is -0.255. The molecule has 0 unspecified atom stereocenters. The van der Waals surface area contributed by atoms with Crippen LogP contribution in [-0.2, 0) is 4.79 Å². The number of methoxy groups -OCH3 is 1. The molecule has 6 nitrogen and oxygen atoms in total. The Labute approximate surface area is 162 Å². The number of nitrogens with one attached hydrogen (secondary N) is 3. The molecule has 27 heavy (non-hydrogen) atoms. The highest BCUT2D eigenvalue weighted by atomic mass is 35.5. The molecule has 0 saturated carbocycles. The Morgan fingerprint density at radius 3 is 2.63 bits per heavy atom. The fourth-order valence-corrected chi connectivity index (χ4v) is 3.90. The van der Waals surface area contributed by atoms with Crippen molar-refractivity contribution in [3.05, 3.63) is 45.8 Å². The van der Waals surface area contributed by atoms with Crippen LogP contribution in [0.4, 0.5) is 18.6 Å². The van der Waals surface area contributed by atoms with Gasteiger partial charge in [-0.1, -0.05) is 11.6 Å². The van der Waals surface area contributed by atoms with Crippen LogP contribution >= 0.6 is 22.9 Å². The van der Waals surface area contributed by atoms with Crippen molar-refractivity contribution in [2.24, 2.45) is 0 Å². The summed E-state index contributed by atoms with van der Waals surface area (Å²) in [5.74, 6) is -2.83. The number of thiophene rings is 1. The quantitative estimate of drug-likeness (QED) is 0.715. The monoisotopic (exact) mass is 415 g/mol. The van der Waals surface area contributed by atoms with Crippen LogP contribution in [0.2, 0.25) is 4.34 Å². The highest BCUT2D eigenvalue weighted by molar-refractivity contribution is 7.20. The topological polar surface area (TPSA) is 79.5 Å². The molecule has 0 aliphatic carbocycles. The fourth-order valence-electron chi connectivity index (χ4n) is 2.97. The molecule has 1 aromatic heterocycles. The largest absolute Gasteiger partial charge is 0.497 e. The van der Waals surface area contributed by atoms with Crippen molar-refractivity contribution >= 4 is 39.9 Å². The molecule has 3 rings (SSSR count). The number of anilines is 1. The summed E-state index contributed by atoms with van der Waals surface area (Å²) in [6.45, 7) is 0.0486. The highest BCUT2D eigenvalue weighted by Gasteiger charge is 2.35. The molecule has 0 radical (unpaired) electrons. The van der Waals surface area contributed by atoms with E-state index in [2.05, 4.69) is 16.0 Å². The van der Waals surface area contributed by atoms with Gasteiger partial charge in [0.15, 0.2) is 0 Å². The maximum Gasteiger partial charge on any atom is 0.320 e. The van der Waals surface area contributed by atoms with Gasteiger partial charge in [-0.05, 0) is 12.1 Å². The highest BCUT2D eigenvalue weighted by Crippen LogP contribution is 2.33. The van der Waals surface area contributed by atoms with Crippen LogP contribution in [0.3, 0.4) is 0 Å². The second kappa shape index (κ2) is 8.10. The normalized spacial score (nSPS) is 19.3. The standard InChI is InChI=1S/C17H16ClF2N3O3S/c1-26-8-4-10(19)16(11(20)5-8)9-6-14(24)21-7-12(9)22-17(25)23-15-3-2-13(18)27-15/h2-5,9,12H,6-7H2,1H3,(H,21,24)(H2,22,23,25)/t9-,12-/m0/s1. The molecule has 10 heteroatoms. The molecule has 2 aromatic rings. The third kappa shape index (κ3) is 4.48. The lowest BCUT2D eigenvalue weighted by Gasteiger charge is -2.32. The number of hydrogen-bond acceptors (Lipinski definition) is 4. The molecule has 0 spiro atoms. The molecule has 2 heterocycles. The molecule has 3 N–H and O–H groups in total. The minimum atomic E-state index is -0.859. The van der Waals surface area contributed by atoms with Crippen LogP contribution < -0.4 is 20.7 Å². The van der Waals surface area contributed by atoms with Gasteiger partial charge in [0, 0.05) is 36.6 Å². The van der Waals surface area contributed by atoms with E-state index >= 15 is 0 Å². The average Bonchev–Trinajstić information content (AvgIpc) is 3.01. The molecular formula is C17H16ClF2N3O3S. The zero-order chi connectivity index (χ0) is 19.6. The molecule has 1 saturated heterocycles. The lowest BCUT2D eigenvalue weighted by atomic mass is 9.85. The summed E-state index contributed by atoms with van der Waals surface area (Å²) in [5, 5.41) is 8.39. The van der Waals surface area contributed by atoms with Gasteiger partial charge in [-0.25, -0.2) is 13.6 Å². The number of carbonyl (C=O) groups excluding carboxylic acids is 2. The van der Waals surface area contributed by atoms with Crippen molar-refractivity contribution in [1.29, 1.82) is 0 Å². The first-order valence-electron chi connectivity index (χ1n) is 8.00. The Balaban J connectivity index is 1.81. The summed E-state index contributed by atoms with van der Waals surface area (Å²) in [6, 6.07) is 4.11. The molecule has 0 bridgehead atoms. The van der Waals surface area contributed by atoms with Crippen LogP contribution in [-0.4, -0.2) is 31.6 Å². The van der Waals surface area contributed by atoms with E-state index in [0.717, 1.165) is 12.1 Å². The van der Waals surface area contributed by atoms with Gasteiger partial charge in [-0.3, -0.25) is 10.1 Å². The van der Waals surface area contributed by atoms with Crippen LogP contribution in [0.1, 0.15) is 17.9 Å². The average molecular weight is 416 g/mol. The Morgan fingerprint density at radius 2 is 2.04 bits per heavy atom. The van der Waals surface area contributed by atoms with Crippen LogP contribution in [0, 0.1) is 11.6 Å². The molecule has 1 aromatic carbocycles. The zero-order valence-electron chi connectivity index (χ0n) is 14.1. The second-order valence-corrected chi connectivity index (χ2v) is 7.64. The number of piperidine rings is 1. The molecule has 1 aliphatic heterocycles. The first-order chi connectivity index (χ1) is 12.9. The first-order valence-corrected chi connectivity index (χ1v) is 9.19. The summed E-state index contributed by atoms with van der Waals surface area (Å²) in [4.78, 5) is 24.0. The summed E-state index contributed by atoms with van der Waals surface area (Å²) in [7, 11) is 1.30. The maximum atomic E-state index is 14.5. The maximum absolute atomic E-state index is 14.5. The lowest BCUT2D eigenvalue weighted by molar-refractivity contribution is -0.123. The number of ether oxygens (including phenoxy) is 1. The number of urea groups is 1. The van der Waals surface area contributed by atoms with Crippen LogP contribution in [0.25, 0.3) is 0 Å². The van der Waals surface area contributed by atoms with Crippen molar-refractivity contribution in [3.8, 4) is 5.75 Å². The minimum absolute atomic E-state index is 0.0332. The van der Waals surface area contributed by atoms with Gasteiger partial charge in [-0.2, -0.15) is 0 Å².